The molecule has 1 amide bonds. The summed E-state index contributed by atoms with van der Waals surface area (Å²) in [4.78, 5) is 13.2. The van der Waals surface area contributed by atoms with Gasteiger partial charge in [-0.1, -0.05) is 11.6 Å². The Balaban J connectivity index is 1.06. The molecule has 0 radical (unpaired) electrons. The van der Waals surface area contributed by atoms with Gasteiger partial charge < -0.3 is 19.6 Å². The second-order valence-electron chi connectivity index (χ2n) is 10.9. The molecule has 5 aliphatic rings. The Labute approximate surface area is 215 Å². The summed E-state index contributed by atoms with van der Waals surface area (Å²) in [5, 5.41) is 22.7. The average Bonchev–Trinajstić information content (AvgIpc) is 3.32. The third-order valence-corrected chi connectivity index (χ3v) is 8.84. The first-order chi connectivity index (χ1) is 17.5. The van der Waals surface area contributed by atoms with Gasteiger partial charge in [0, 0.05) is 33.9 Å². The quantitative estimate of drug-likeness (QED) is 0.557. The lowest BCUT2D eigenvalue weighted by molar-refractivity contribution is -0.352. The first-order valence-electron chi connectivity index (χ1n) is 12.6. The number of ether oxygens (including phenoxy) is 2. The Bertz CT molecular complexity index is 1170. The number of amides is 1. The fourth-order valence-electron chi connectivity index (χ4n) is 6.28. The molecule has 2 bridgehead atoms. The molecule has 4 saturated carbocycles. The zero-order valence-electron chi connectivity index (χ0n) is 19.9. The van der Waals surface area contributed by atoms with Gasteiger partial charge in [0.1, 0.15) is 5.75 Å². The number of carbonyl (C=O) groups excluding carboxylic acids is 1. The standard InChI is InChI=1S/C25H27ClF3N3O5/c26-14-1-2-18-16(11-14)17(33)12-19(35-18)20(34)30-24-6-3-23(4-7-24,5-8-24)22-32-31-21(36-22)13-9-15(10-13)37-25(27,28)29/h1-2,11,13,15,17,19,33H,3-10,12H2,(H,30,34). The van der Waals surface area contributed by atoms with E-state index < -0.39 is 24.7 Å². The fourth-order valence-corrected chi connectivity index (χ4v) is 6.46. The third-order valence-electron chi connectivity index (χ3n) is 8.60. The summed E-state index contributed by atoms with van der Waals surface area (Å²) in [6.07, 6.45) is -2.07. The fraction of sp³-hybridized carbons (Fsp3) is 0.640. The number of rotatable bonds is 5. The molecule has 4 fully saturated rings. The van der Waals surface area contributed by atoms with Gasteiger partial charge in [-0.15, -0.1) is 23.4 Å². The molecule has 2 aromatic rings. The van der Waals surface area contributed by atoms with Gasteiger partial charge in [0.2, 0.25) is 11.8 Å². The van der Waals surface area contributed by atoms with Crippen molar-refractivity contribution >= 4 is 17.5 Å². The van der Waals surface area contributed by atoms with Crippen molar-refractivity contribution in [3.63, 3.8) is 0 Å². The van der Waals surface area contributed by atoms with Crippen LogP contribution in [0.4, 0.5) is 13.2 Å². The number of nitrogens with zero attached hydrogens (tertiary/aromatic N) is 2. The van der Waals surface area contributed by atoms with Crippen LogP contribution in [0.3, 0.4) is 0 Å². The number of benzene rings is 1. The number of halogens is 4. The molecule has 0 spiro atoms. The van der Waals surface area contributed by atoms with Gasteiger partial charge in [-0.25, -0.2) is 0 Å². The molecular formula is C25H27ClF3N3O5. The summed E-state index contributed by atoms with van der Waals surface area (Å²) in [5.74, 6) is 0.910. The van der Waals surface area contributed by atoms with Crippen molar-refractivity contribution in [3.8, 4) is 5.75 Å². The van der Waals surface area contributed by atoms with E-state index in [9.17, 15) is 23.1 Å². The molecule has 1 aromatic heterocycles. The molecule has 1 aromatic carbocycles. The van der Waals surface area contributed by atoms with Crippen LogP contribution in [-0.4, -0.2) is 45.3 Å². The molecule has 200 valence electrons. The van der Waals surface area contributed by atoms with Crippen LogP contribution in [0.25, 0.3) is 0 Å². The Morgan fingerprint density at radius 3 is 2.49 bits per heavy atom. The summed E-state index contributed by atoms with van der Waals surface area (Å²) >= 11 is 6.02. The summed E-state index contributed by atoms with van der Waals surface area (Å²) in [5.41, 5.74) is -0.0510. The van der Waals surface area contributed by atoms with E-state index >= 15 is 0 Å². The van der Waals surface area contributed by atoms with E-state index in [1.165, 1.54) is 0 Å². The summed E-state index contributed by atoms with van der Waals surface area (Å²) < 4.78 is 53.1. The van der Waals surface area contributed by atoms with Crippen molar-refractivity contribution < 1.29 is 37.0 Å². The zero-order valence-corrected chi connectivity index (χ0v) is 20.6. The van der Waals surface area contributed by atoms with Gasteiger partial charge in [-0.05, 0) is 69.6 Å². The van der Waals surface area contributed by atoms with Gasteiger partial charge in [0.15, 0.2) is 6.10 Å². The second kappa shape index (κ2) is 8.84. The molecule has 1 aliphatic heterocycles. The number of hydrogen-bond donors (Lipinski definition) is 2. The van der Waals surface area contributed by atoms with Crippen LogP contribution in [0, 0.1) is 0 Å². The highest BCUT2D eigenvalue weighted by atomic mass is 35.5. The van der Waals surface area contributed by atoms with Crippen molar-refractivity contribution in [2.75, 3.05) is 0 Å². The molecule has 37 heavy (non-hydrogen) atoms. The molecule has 2 unspecified atom stereocenters. The number of nitrogens with one attached hydrogen (secondary N) is 1. The molecular weight excluding hydrogens is 515 g/mol. The van der Waals surface area contributed by atoms with Gasteiger partial charge in [-0.3, -0.25) is 9.53 Å². The number of fused-ring (bicyclic) bond motifs is 4. The van der Waals surface area contributed by atoms with Crippen molar-refractivity contribution in [2.24, 2.45) is 0 Å². The highest BCUT2D eigenvalue weighted by Crippen LogP contribution is 2.54. The van der Waals surface area contributed by atoms with Crippen molar-refractivity contribution in [2.45, 2.75) is 99.3 Å². The molecule has 8 nitrogen and oxygen atoms in total. The van der Waals surface area contributed by atoms with E-state index in [-0.39, 0.29) is 42.0 Å². The smallest absolute Gasteiger partial charge is 0.480 e. The van der Waals surface area contributed by atoms with Crippen LogP contribution >= 0.6 is 11.6 Å². The lowest BCUT2D eigenvalue weighted by Gasteiger charge is -2.52. The maximum atomic E-state index is 13.2. The van der Waals surface area contributed by atoms with Crippen molar-refractivity contribution in [3.05, 3.63) is 40.6 Å². The van der Waals surface area contributed by atoms with Gasteiger partial charge in [-0.2, -0.15) is 0 Å². The summed E-state index contributed by atoms with van der Waals surface area (Å²) in [6, 6.07) is 4.98. The number of aliphatic hydroxyl groups excluding tert-OH is 1. The molecule has 2 atom stereocenters. The predicted molar refractivity (Wildman–Crippen MR) is 123 cm³/mol. The monoisotopic (exact) mass is 541 g/mol. The first-order valence-corrected chi connectivity index (χ1v) is 13.0. The summed E-state index contributed by atoms with van der Waals surface area (Å²) in [7, 11) is 0. The number of alkyl halides is 3. The van der Waals surface area contributed by atoms with Crippen LogP contribution in [0.15, 0.2) is 22.6 Å². The first kappa shape index (κ1) is 24.9. The van der Waals surface area contributed by atoms with E-state index in [0.717, 1.165) is 38.5 Å². The largest absolute Gasteiger partial charge is 0.522 e. The maximum absolute atomic E-state index is 13.2. The number of carbonyl (C=O) groups is 1. The molecule has 4 aliphatic carbocycles. The summed E-state index contributed by atoms with van der Waals surface area (Å²) in [6.45, 7) is 0. The van der Waals surface area contributed by atoms with Crippen molar-refractivity contribution in [1.82, 2.24) is 15.5 Å². The topological polar surface area (TPSA) is 107 Å². The van der Waals surface area contributed by atoms with Gasteiger partial charge >= 0.3 is 6.36 Å². The minimum Gasteiger partial charge on any atom is -0.480 e. The van der Waals surface area contributed by atoms with Gasteiger partial charge in [0.05, 0.1) is 12.2 Å². The highest BCUT2D eigenvalue weighted by Gasteiger charge is 2.53. The highest BCUT2D eigenvalue weighted by molar-refractivity contribution is 6.30. The second-order valence-corrected chi connectivity index (χ2v) is 11.3. The van der Waals surface area contributed by atoms with E-state index in [1.54, 1.807) is 18.2 Å². The molecule has 12 heteroatoms. The molecule has 2 N–H and O–H groups in total. The van der Waals surface area contributed by atoms with E-state index in [2.05, 4.69) is 20.3 Å². The lowest BCUT2D eigenvalue weighted by Crippen LogP contribution is -2.60. The van der Waals surface area contributed by atoms with E-state index in [4.69, 9.17) is 20.8 Å². The zero-order chi connectivity index (χ0) is 26.0. The third kappa shape index (κ3) is 4.70. The minimum absolute atomic E-state index is 0.153. The lowest BCUT2D eigenvalue weighted by atomic mass is 9.57. The Morgan fingerprint density at radius 2 is 1.81 bits per heavy atom. The Morgan fingerprint density at radius 1 is 1.11 bits per heavy atom. The van der Waals surface area contributed by atoms with Crippen LogP contribution in [0.2, 0.25) is 5.02 Å². The maximum Gasteiger partial charge on any atom is 0.522 e. The van der Waals surface area contributed by atoms with Crippen LogP contribution in [-0.2, 0) is 14.9 Å². The average molecular weight is 542 g/mol. The molecule has 2 heterocycles. The number of hydrogen-bond acceptors (Lipinski definition) is 7. The predicted octanol–water partition coefficient (Wildman–Crippen LogP) is 4.85. The Kier molecular flexibility index (Phi) is 5.96. The number of aliphatic hydroxyl groups is 1. The normalized spacial score (nSPS) is 34.8. The van der Waals surface area contributed by atoms with Gasteiger partial charge in [0.25, 0.3) is 5.91 Å². The Hall–Kier alpha value is -2.37. The van der Waals surface area contributed by atoms with Crippen molar-refractivity contribution in [1.29, 1.82) is 0 Å². The van der Waals surface area contributed by atoms with Crippen LogP contribution in [0.5, 0.6) is 5.75 Å². The molecule has 7 rings (SSSR count). The van der Waals surface area contributed by atoms with E-state index in [1.807, 2.05) is 0 Å². The van der Waals surface area contributed by atoms with E-state index in [0.29, 0.717) is 28.1 Å². The van der Waals surface area contributed by atoms with Crippen LogP contribution in [0.1, 0.15) is 87.2 Å². The molecule has 0 saturated heterocycles. The SMILES string of the molecule is O=C(NC12CCC(c3nnc(C4CC(OC(F)(F)F)C4)o3)(CC1)CC2)C1CC(O)c2cc(Cl)ccc2O1. The number of aromatic nitrogens is 2. The van der Waals surface area contributed by atoms with Crippen LogP contribution < -0.4 is 10.1 Å². The minimum atomic E-state index is -4.64.